The van der Waals surface area contributed by atoms with Gasteiger partial charge in [0.1, 0.15) is 10.9 Å². The van der Waals surface area contributed by atoms with E-state index in [4.69, 9.17) is 0 Å². The maximum absolute atomic E-state index is 11.9. The van der Waals surface area contributed by atoms with Crippen LogP contribution in [0.2, 0.25) is 0 Å². The van der Waals surface area contributed by atoms with Gasteiger partial charge >= 0.3 is 0 Å². The molecule has 1 aromatic rings. The molecule has 0 saturated carbocycles. The quantitative estimate of drug-likeness (QED) is 0.747. The second-order valence-corrected chi connectivity index (χ2v) is 6.79. The molecule has 1 aliphatic rings. The molecule has 1 unspecified atom stereocenters. The number of carbonyl (C=O) groups excluding carboxylic acids is 1. The zero-order chi connectivity index (χ0) is 12.6. The Balaban J connectivity index is 2.40. The SMILES string of the molecule is CC(=O)c1cc(C2CCCCS2(=O)=O)nn1C. The fourth-order valence-corrected chi connectivity index (χ4v) is 4.16. The van der Waals surface area contributed by atoms with Crippen LogP contribution in [0, 0.1) is 0 Å². The number of sulfone groups is 1. The van der Waals surface area contributed by atoms with Gasteiger partial charge < -0.3 is 0 Å². The van der Waals surface area contributed by atoms with Crippen LogP contribution in [0.3, 0.4) is 0 Å². The van der Waals surface area contributed by atoms with Crippen molar-refractivity contribution < 1.29 is 13.2 Å². The molecule has 0 amide bonds. The number of nitrogens with zero attached hydrogens (tertiary/aromatic N) is 2. The third-order valence-corrected chi connectivity index (χ3v) is 5.37. The number of hydrogen-bond donors (Lipinski definition) is 0. The average Bonchev–Trinajstić information content (AvgIpc) is 2.59. The standard InChI is InChI=1S/C11H16N2O3S/c1-8(14)10-7-9(12-13(10)2)11-5-3-4-6-17(11,15)16/h7,11H,3-6H2,1-2H3. The van der Waals surface area contributed by atoms with E-state index in [0.29, 0.717) is 17.8 Å². The Morgan fingerprint density at radius 3 is 2.71 bits per heavy atom. The zero-order valence-corrected chi connectivity index (χ0v) is 10.8. The molecule has 5 nitrogen and oxygen atoms in total. The summed E-state index contributed by atoms with van der Waals surface area (Å²) in [5.41, 5.74) is 0.971. The van der Waals surface area contributed by atoms with Gasteiger partial charge in [-0.2, -0.15) is 5.10 Å². The van der Waals surface area contributed by atoms with Crippen molar-refractivity contribution in [2.75, 3.05) is 5.75 Å². The third kappa shape index (κ3) is 2.26. The Hall–Kier alpha value is -1.17. The zero-order valence-electron chi connectivity index (χ0n) is 10.0. The Bertz CT molecular complexity index is 545. The molecule has 0 aromatic carbocycles. The topological polar surface area (TPSA) is 69.0 Å². The molecule has 0 bridgehead atoms. The average molecular weight is 256 g/mol. The van der Waals surface area contributed by atoms with E-state index in [9.17, 15) is 13.2 Å². The molecular weight excluding hydrogens is 240 g/mol. The summed E-state index contributed by atoms with van der Waals surface area (Å²) in [7, 11) is -1.43. The molecule has 6 heteroatoms. The van der Waals surface area contributed by atoms with Crippen molar-refractivity contribution in [2.45, 2.75) is 31.4 Å². The number of carbonyl (C=O) groups is 1. The number of aryl methyl sites for hydroxylation is 1. The van der Waals surface area contributed by atoms with Gasteiger partial charge in [-0.25, -0.2) is 8.42 Å². The van der Waals surface area contributed by atoms with E-state index in [-0.39, 0.29) is 11.5 Å². The maximum atomic E-state index is 11.9. The second-order valence-electron chi connectivity index (χ2n) is 4.49. The highest BCUT2D eigenvalue weighted by Gasteiger charge is 2.32. The molecule has 1 fully saturated rings. The summed E-state index contributed by atoms with van der Waals surface area (Å²) in [6.07, 6.45) is 2.23. The van der Waals surface area contributed by atoms with E-state index in [1.54, 1.807) is 13.1 Å². The van der Waals surface area contributed by atoms with Crippen LogP contribution in [0.15, 0.2) is 6.07 Å². The summed E-state index contributed by atoms with van der Waals surface area (Å²) in [5.74, 6) is 0.128. The molecule has 0 aliphatic carbocycles. The molecule has 2 rings (SSSR count). The molecule has 0 spiro atoms. The molecule has 94 valence electrons. The van der Waals surface area contributed by atoms with Gasteiger partial charge in [0.25, 0.3) is 0 Å². The summed E-state index contributed by atoms with van der Waals surface area (Å²) in [4.78, 5) is 11.3. The van der Waals surface area contributed by atoms with Crippen LogP contribution in [-0.2, 0) is 16.9 Å². The van der Waals surface area contributed by atoms with Crippen molar-refractivity contribution in [3.05, 3.63) is 17.5 Å². The lowest BCUT2D eigenvalue weighted by molar-refractivity contribution is 0.100. The monoisotopic (exact) mass is 256 g/mol. The van der Waals surface area contributed by atoms with Crippen LogP contribution in [0.5, 0.6) is 0 Å². The number of ketones is 1. The summed E-state index contributed by atoms with van der Waals surface area (Å²) < 4.78 is 25.3. The predicted octanol–water partition coefficient (Wildman–Crippen LogP) is 1.26. The van der Waals surface area contributed by atoms with E-state index < -0.39 is 15.1 Å². The number of rotatable bonds is 2. The van der Waals surface area contributed by atoms with Crippen molar-refractivity contribution in [3.63, 3.8) is 0 Å². The van der Waals surface area contributed by atoms with Gasteiger partial charge in [0.2, 0.25) is 0 Å². The van der Waals surface area contributed by atoms with Crippen molar-refractivity contribution in [1.82, 2.24) is 9.78 Å². The molecule has 1 saturated heterocycles. The summed E-state index contributed by atoms with van der Waals surface area (Å²) in [5, 5.41) is 3.64. The molecule has 1 aliphatic heterocycles. The molecule has 0 N–H and O–H groups in total. The van der Waals surface area contributed by atoms with Crippen molar-refractivity contribution in [2.24, 2.45) is 7.05 Å². The summed E-state index contributed by atoms with van der Waals surface area (Å²) >= 11 is 0. The van der Waals surface area contributed by atoms with E-state index in [1.807, 2.05) is 0 Å². The van der Waals surface area contributed by atoms with Gasteiger partial charge in [-0.15, -0.1) is 0 Å². The van der Waals surface area contributed by atoms with Gasteiger partial charge in [-0.1, -0.05) is 6.42 Å². The third-order valence-electron chi connectivity index (χ3n) is 3.17. The van der Waals surface area contributed by atoms with Gasteiger partial charge in [0, 0.05) is 14.0 Å². The van der Waals surface area contributed by atoms with Crippen LogP contribution in [0.1, 0.15) is 47.6 Å². The lowest BCUT2D eigenvalue weighted by Gasteiger charge is -2.20. The molecule has 1 atom stereocenters. The first-order valence-electron chi connectivity index (χ1n) is 5.68. The largest absolute Gasteiger partial charge is 0.293 e. The minimum absolute atomic E-state index is 0.0977. The van der Waals surface area contributed by atoms with Gasteiger partial charge in [0.15, 0.2) is 15.6 Å². The number of Topliss-reactive ketones (excluding diaryl/α,β-unsaturated/α-hetero) is 1. The van der Waals surface area contributed by atoms with Crippen LogP contribution >= 0.6 is 0 Å². The lowest BCUT2D eigenvalue weighted by Crippen LogP contribution is -2.22. The molecule has 17 heavy (non-hydrogen) atoms. The highest BCUT2D eigenvalue weighted by atomic mass is 32.2. The highest BCUT2D eigenvalue weighted by molar-refractivity contribution is 7.91. The van der Waals surface area contributed by atoms with Crippen LogP contribution in [0.25, 0.3) is 0 Å². The van der Waals surface area contributed by atoms with E-state index in [1.165, 1.54) is 11.6 Å². The first kappa shape index (κ1) is 12.3. The van der Waals surface area contributed by atoms with Gasteiger partial charge in [-0.3, -0.25) is 9.48 Å². The summed E-state index contributed by atoms with van der Waals surface area (Å²) in [6.45, 7) is 1.45. The number of hydrogen-bond acceptors (Lipinski definition) is 4. The van der Waals surface area contributed by atoms with E-state index in [0.717, 1.165) is 12.8 Å². The van der Waals surface area contributed by atoms with Gasteiger partial charge in [0.05, 0.1) is 11.4 Å². The van der Waals surface area contributed by atoms with Crippen LogP contribution < -0.4 is 0 Å². The Kier molecular flexibility index (Phi) is 3.07. The fraction of sp³-hybridized carbons (Fsp3) is 0.636. The molecule has 0 radical (unpaired) electrons. The minimum Gasteiger partial charge on any atom is -0.293 e. The minimum atomic E-state index is -3.09. The van der Waals surface area contributed by atoms with Crippen molar-refractivity contribution in [1.29, 1.82) is 0 Å². The predicted molar refractivity (Wildman–Crippen MR) is 63.6 cm³/mol. The number of aromatic nitrogens is 2. The first-order chi connectivity index (χ1) is 7.92. The summed E-state index contributed by atoms with van der Waals surface area (Å²) in [6, 6.07) is 1.61. The molecular formula is C11H16N2O3S. The maximum Gasteiger partial charge on any atom is 0.177 e. The first-order valence-corrected chi connectivity index (χ1v) is 7.40. The van der Waals surface area contributed by atoms with Crippen LogP contribution in [0.4, 0.5) is 0 Å². The Labute approximate surface area is 101 Å². The van der Waals surface area contributed by atoms with E-state index >= 15 is 0 Å². The molecule has 1 aromatic heterocycles. The molecule has 2 heterocycles. The Morgan fingerprint density at radius 1 is 1.47 bits per heavy atom. The Morgan fingerprint density at radius 2 is 2.18 bits per heavy atom. The van der Waals surface area contributed by atoms with Gasteiger partial charge in [-0.05, 0) is 18.9 Å². The second kappa shape index (κ2) is 4.25. The fourth-order valence-electron chi connectivity index (χ4n) is 2.26. The normalized spacial score (nSPS) is 23.5. The smallest absolute Gasteiger partial charge is 0.177 e. The lowest BCUT2D eigenvalue weighted by atomic mass is 10.1. The van der Waals surface area contributed by atoms with Crippen LogP contribution in [-0.4, -0.2) is 29.7 Å². The van der Waals surface area contributed by atoms with Crippen molar-refractivity contribution >= 4 is 15.6 Å². The van der Waals surface area contributed by atoms with Crippen molar-refractivity contribution in [3.8, 4) is 0 Å². The highest BCUT2D eigenvalue weighted by Crippen LogP contribution is 2.32. The van der Waals surface area contributed by atoms with E-state index in [2.05, 4.69) is 5.10 Å².